The van der Waals surface area contributed by atoms with Crippen LogP contribution in [-0.4, -0.2) is 106 Å². The summed E-state index contributed by atoms with van der Waals surface area (Å²) in [6, 6.07) is -6.48. The number of hydrogen-bond acceptors (Lipinski definition) is 10. The van der Waals surface area contributed by atoms with Gasteiger partial charge in [-0.15, -0.1) is 0 Å². The third-order valence-electron chi connectivity index (χ3n) is 5.85. The Morgan fingerprint density at radius 3 is 1.66 bits per heavy atom. The van der Waals surface area contributed by atoms with E-state index in [4.69, 9.17) is 16.6 Å². The summed E-state index contributed by atoms with van der Waals surface area (Å²) < 4.78 is 0. The monoisotopic (exact) mass is 589 g/mol. The molecule has 0 bridgehead atoms. The smallest absolute Gasteiger partial charge is 0.303 e. The minimum Gasteiger partial charge on any atom is -0.481 e. The maximum Gasteiger partial charge on any atom is 0.303 e. The second-order valence-electron chi connectivity index (χ2n) is 10.1. The molecule has 6 atom stereocenters. The average Bonchev–Trinajstić information content (AvgIpc) is 2.87. The van der Waals surface area contributed by atoms with Gasteiger partial charge in [0, 0.05) is 6.42 Å². The number of nitrogens with two attached hydrogens (primary N) is 2. The van der Waals surface area contributed by atoms with Gasteiger partial charge in [0.25, 0.3) is 0 Å². The Bertz CT molecular complexity index is 957. The zero-order valence-corrected chi connectivity index (χ0v) is 23.8. The summed E-state index contributed by atoms with van der Waals surface area (Å²) in [6.07, 6.45) is -2.00. The molecule has 17 nitrogen and oxygen atoms in total. The lowest BCUT2D eigenvalue weighted by atomic mass is 10.0. The highest BCUT2D eigenvalue weighted by atomic mass is 16.4. The zero-order chi connectivity index (χ0) is 32.0. The average molecular weight is 590 g/mol. The molecule has 0 aliphatic rings. The van der Waals surface area contributed by atoms with Crippen LogP contribution in [0.3, 0.4) is 0 Å². The number of carbonyl (C=O) groups is 7. The van der Waals surface area contributed by atoms with Gasteiger partial charge in [-0.1, -0.05) is 27.7 Å². The first kappa shape index (κ1) is 37.2. The number of aliphatic hydroxyl groups is 2. The highest BCUT2D eigenvalue weighted by Crippen LogP contribution is 2.06. The van der Waals surface area contributed by atoms with E-state index in [-0.39, 0.29) is 12.8 Å². The van der Waals surface area contributed by atoms with Crippen molar-refractivity contribution >= 4 is 41.4 Å². The van der Waals surface area contributed by atoms with Crippen LogP contribution < -0.4 is 38.1 Å². The van der Waals surface area contributed by atoms with Gasteiger partial charge >= 0.3 is 5.97 Å². The van der Waals surface area contributed by atoms with E-state index in [2.05, 4.69) is 26.6 Å². The first-order valence-corrected chi connectivity index (χ1v) is 13.0. The Morgan fingerprint density at radius 1 is 0.732 bits per heavy atom. The topological polar surface area (TPSA) is 292 Å². The fourth-order valence-electron chi connectivity index (χ4n) is 3.36. The van der Waals surface area contributed by atoms with Gasteiger partial charge in [0.05, 0.1) is 25.3 Å². The molecule has 0 aromatic carbocycles. The fraction of sp³-hybridized carbons (Fsp3) is 0.708. The standard InChI is InChI=1S/C24H43N7O10/c1-10(2)17(30-24(41)19(12(5)33)31-21(38)13(25)6-7-16(35)36)22(39)27-8-15(34)29-18(11(3)4)23(40)28-14(9-32)20(26)37/h10-14,17-19,32-33H,6-9,25H2,1-5H3,(H2,26,37)(H,27,39)(H,28,40)(H,29,34)(H,30,41)(H,31,38)(H,35,36)/t12-,13+,14+,17+,18+,19+/m1/s1. The molecule has 0 fully saturated rings. The summed E-state index contributed by atoms with van der Waals surface area (Å²) in [5.41, 5.74) is 10.7. The fourth-order valence-corrected chi connectivity index (χ4v) is 3.36. The van der Waals surface area contributed by atoms with Crippen molar-refractivity contribution in [2.45, 2.75) is 83.8 Å². The Morgan fingerprint density at radius 2 is 1.22 bits per heavy atom. The Labute approximate surface area is 237 Å². The second-order valence-corrected chi connectivity index (χ2v) is 10.1. The normalized spacial score (nSPS) is 15.5. The molecule has 0 rings (SSSR count). The van der Waals surface area contributed by atoms with Gasteiger partial charge < -0.3 is 53.4 Å². The van der Waals surface area contributed by atoms with Gasteiger partial charge in [-0.3, -0.25) is 33.6 Å². The predicted octanol–water partition coefficient (Wildman–Crippen LogP) is -4.60. The molecular weight excluding hydrogens is 546 g/mol. The number of aliphatic carboxylic acids is 1. The lowest BCUT2D eigenvalue weighted by molar-refractivity contribution is -0.138. The minimum atomic E-state index is -1.52. The van der Waals surface area contributed by atoms with E-state index in [1.165, 1.54) is 6.92 Å². The van der Waals surface area contributed by atoms with Crippen LogP contribution in [0, 0.1) is 11.8 Å². The number of carbonyl (C=O) groups excluding carboxylic acids is 6. The van der Waals surface area contributed by atoms with Gasteiger partial charge in [0.1, 0.15) is 24.2 Å². The molecular formula is C24H43N7O10. The summed E-state index contributed by atoms with van der Waals surface area (Å²) in [4.78, 5) is 84.9. The SMILES string of the molecule is CC(C)[C@H](NC(=O)CNC(=O)[C@@H](NC(=O)[C@@H](NC(=O)[C@@H](N)CCC(=O)O)[C@@H](C)O)C(C)C)C(=O)N[C@@H](CO)C(N)=O. The van der Waals surface area contributed by atoms with Crippen LogP contribution >= 0.6 is 0 Å². The molecule has 0 saturated carbocycles. The molecule has 17 heteroatoms. The molecule has 6 amide bonds. The number of primary amides is 1. The number of hydrogen-bond donors (Lipinski definition) is 10. The van der Waals surface area contributed by atoms with Crippen LogP contribution in [0.15, 0.2) is 0 Å². The number of carboxylic acid groups (broad SMARTS) is 1. The Balaban J connectivity index is 5.29. The van der Waals surface area contributed by atoms with E-state index in [0.29, 0.717) is 0 Å². The van der Waals surface area contributed by atoms with Gasteiger partial charge in [0.15, 0.2) is 0 Å². The van der Waals surface area contributed by atoms with Crippen molar-refractivity contribution in [3.05, 3.63) is 0 Å². The maximum atomic E-state index is 12.8. The highest BCUT2D eigenvalue weighted by Gasteiger charge is 2.33. The predicted molar refractivity (Wildman–Crippen MR) is 143 cm³/mol. The molecule has 0 aliphatic carbocycles. The molecule has 0 aliphatic heterocycles. The first-order chi connectivity index (χ1) is 18.9. The highest BCUT2D eigenvalue weighted by molar-refractivity contribution is 5.95. The van der Waals surface area contributed by atoms with Crippen LogP contribution in [-0.2, 0) is 33.6 Å². The summed E-state index contributed by atoms with van der Waals surface area (Å²) >= 11 is 0. The number of amides is 6. The van der Waals surface area contributed by atoms with E-state index in [0.717, 1.165) is 0 Å². The molecule has 0 saturated heterocycles. The number of aliphatic hydroxyl groups excluding tert-OH is 2. The Kier molecular flexibility index (Phi) is 16.1. The van der Waals surface area contributed by atoms with Crippen LogP contribution in [0.25, 0.3) is 0 Å². The van der Waals surface area contributed by atoms with Crippen molar-refractivity contribution in [1.29, 1.82) is 0 Å². The van der Waals surface area contributed by atoms with Crippen molar-refractivity contribution in [2.75, 3.05) is 13.2 Å². The number of nitrogens with one attached hydrogen (secondary N) is 5. The summed E-state index contributed by atoms with van der Waals surface area (Å²) in [7, 11) is 0. The molecule has 0 heterocycles. The van der Waals surface area contributed by atoms with Crippen LogP contribution in [0.1, 0.15) is 47.5 Å². The van der Waals surface area contributed by atoms with E-state index in [9.17, 15) is 43.8 Å². The largest absolute Gasteiger partial charge is 0.481 e. The van der Waals surface area contributed by atoms with Crippen LogP contribution in [0.4, 0.5) is 0 Å². The summed E-state index contributed by atoms with van der Waals surface area (Å²) in [6.45, 7) is 6.30. The van der Waals surface area contributed by atoms with Gasteiger partial charge in [0.2, 0.25) is 35.4 Å². The van der Waals surface area contributed by atoms with Crippen LogP contribution in [0.2, 0.25) is 0 Å². The first-order valence-electron chi connectivity index (χ1n) is 13.0. The lowest BCUT2D eigenvalue weighted by Crippen LogP contribution is -2.60. The summed E-state index contributed by atoms with van der Waals surface area (Å²) in [5.74, 6) is -7.24. The molecule has 0 aromatic heterocycles. The minimum absolute atomic E-state index is 0.207. The molecule has 0 spiro atoms. The summed E-state index contributed by atoms with van der Waals surface area (Å²) in [5, 5.41) is 39.6. The molecule has 0 unspecified atom stereocenters. The third-order valence-corrected chi connectivity index (χ3v) is 5.85. The Hall–Kier alpha value is -3.83. The lowest BCUT2D eigenvalue weighted by Gasteiger charge is -2.27. The van der Waals surface area contributed by atoms with Crippen LogP contribution in [0.5, 0.6) is 0 Å². The van der Waals surface area contributed by atoms with E-state index in [1.807, 2.05) is 0 Å². The van der Waals surface area contributed by atoms with Crippen molar-refractivity contribution in [3.8, 4) is 0 Å². The molecule has 234 valence electrons. The van der Waals surface area contributed by atoms with Gasteiger partial charge in [-0.05, 0) is 25.2 Å². The molecule has 41 heavy (non-hydrogen) atoms. The quantitative estimate of drug-likeness (QED) is 0.0725. The second kappa shape index (κ2) is 17.8. The molecule has 0 radical (unpaired) electrons. The van der Waals surface area contributed by atoms with E-state index in [1.54, 1.807) is 27.7 Å². The van der Waals surface area contributed by atoms with Crippen molar-refractivity contribution < 1.29 is 48.9 Å². The number of carboxylic acids is 1. The van der Waals surface area contributed by atoms with E-state index >= 15 is 0 Å². The molecule has 12 N–H and O–H groups in total. The zero-order valence-electron chi connectivity index (χ0n) is 23.8. The number of rotatable bonds is 18. The van der Waals surface area contributed by atoms with Crippen molar-refractivity contribution in [3.63, 3.8) is 0 Å². The maximum absolute atomic E-state index is 12.8. The van der Waals surface area contributed by atoms with Gasteiger partial charge in [-0.2, -0.15) is 0 Å². The third kappa shape index (κ3) is 13.4. The van der Waals surface area contributed by atoms with E-state index < -0.39 is 103 Å². The van der Waals surface area contributed by atoms with Gasteiger partial charge in [-0.25, -0.2) is 0 Å². The van der Waals surface area contributed by atoms with Crippen molar-refractivity contribution in [2.24, 2.45) is 23.3 Å². The molecule has 0 aromatic rings. The van der Waals surface area contributed by atoms with Crippen molar-refractivity contribution in [1.82, 2.24) is 26.6 Å².